The number of aliphatic hydroxyl groups is 1. The van der Waals surface area contributed by atoms with E-state index in [1.165, 1.54) is 0 Å². The summed E-state index contributed by atoms with van der Waals surface area (Å²) in [7, 11) is 0. The molecule has 0 aromatic carbocycles. The monoisotopic (exact) mass is 201 g/mol. The first-order chi connectivity index (χ1) is 6.56. The highest BCUT2D eigenvalue weighted by Crippen LogP contribution is 2.38. The van der Waals surface area contributed by atoms with Gasteiger partial charge in [-0.1, -0.05) is 6.92 Å². The molecule has 0 aliphatic heterocycles. The van der Waals surface area contributed by atoms with Crippen LogP contribution in [-0.4, -0.2) is 35.2 Å². The number of rotatable bonds is 5. The van der Waals surface area contributed by atoms with Crippen molar-refractivity contribution in [1.82, 2.24) is 5.32 Å². The van der Waals surface area contributed by atoms with E-state index in [1.807, 2.05) is 6.92 Å². The van der Waals surface area contributed by atoms with Crippen molar-refractivity contribution < 1.29 is 19.8 Å². The van der Waals surface area contributed by atoms with Crippen LogP contribution < -0.4 is 5.32 Å². The van der Waals surface area contributed by atoms with E-state index in [1.54, 1.807) is 0 Å². The number of carboxylic acid groups (broad SMARTS) is 1. The zero-order chi connectivity index (χ0) is 10.7. The second-order valence-electron chi connectivity index (χ2n) is 3.82. The standard InChI is InChI=1S/C9H15NO4/c1-5(4-11)3-10-8(12)6-2-7(6)9(13)14/h5-7,11H,2-4H2,1H3,(H,10,12)(H,13,14). The number of amides is 1. The molecule has 1 rings (SSSR count). The van der Waals surface area contributed by atoms with Gasteiger partial charge < -0.3 is 15.5 Å². The van der Waals surface area contributed by atoms with Crippen molar-refractivity contribution in [1.29, 1.82) is 0 Å². The average Bonchev–Trinajstić information content (AvgIpc) is 2.92. The molecule has 0 aromatic rings. The van der Waals surface area contributed by atoms with E-state index in [0.29, 0.717) is 13.0 Å². The van der Waals surface area contributed by atoms with Crippen molar-refractivity contribution in [3.63, 3.8) is 0 Å². The van der Waals surface area contributed by atoms with Crippen LogP contribution in [0.2, 0.25) is 0 Å². The molecule has 0 spiro atoms. The lowest BCUT2D eigenvalue weighted by Crippen LogP contribution is -2.31. The van der Waals surface area contributed by atoms with Gasteiger partial charge in [-0.05, 0) is 12.3 Å². The Morgan fingerprint density at radius 3 is 2.57 bits per heavy atom. The topological polar surface area (TPSA) is 86.6 Å². The summed E-state index contributed by atoms with van der Waals surface area (Å²) in [5, 5.41) is 19.9. The van der Waals surface area contributed by atoms with E-state index in [2.05, 4.69) is 5.32 Å². The highest BCUT2D eigenvalue weighted by Gasteiger charge is 2.48. The summed E-state index contributed by atoms with van der Waals surface area (Å²) in [6, 6.07) is 0. The fourth-order valence-electron chi connectivity index (χ4n) is 1.23. The SMILES string of the molecule is CC(CO)CNC(=O)C1CC1C(=O)O. The molecule has 5 nitrogen and oxygen atoms in total. The fourth-order valence-corrected chi connectivity index (χ4v) is 1.23. The Morgan fingerprint density at radius 1 is 1.50 bits per heavy atom. The Balaban J connectivity index is 2.21. The number of hydrogen-bond acceptors (Lipinski definition) is 3. The third-order valence-corrected chi connectivity index (χ3v) is 2.38. The van der Waals surface area contributed by atoms with Crippen LogP contribution in [0.25, 0.3) is 0 Å². The molecule has 14 heavy (non-hydrogen) atoms. The molecule has 0 bridgehead atoms. The lowest BCUT2D eigenvalue weighted by molar-refractivity contribution is -0.140. The molecule has 3 N–H and O–H groups in total. The molecule has 1 amide bonds. The molecule has 5 heteroatoms. The average molecular weight is 201 g/mol. The van der Waals surface area contributed by atoms with Crippen molar-refractivity contribution in [3.05, 3.63) is 0 Å². The molecule has 1 aliphatic carbocycles. The predicted octanol–water partition coefficient (Wildman–Crippen LogP) is -0.548. The van der Waals surface area contributed by atoms with Crippen LogP contribution in [-0.2, 0) is 9.59 Å². The van der Waals surface area contributed by atoms with E-state index in [0.717, 1.165) is 0 Å². The molecule has 1 aliphatic rings. The molecule has 0 saturated heterocycles. The van der Waals surface area contributed by atoms with Gasteiger partial charge in [-0.25, -0.2) is 0 Å². The van der Waals surface area contributed by atoms with Gasteiger partial charge in [0.05, 0.1) is 11.8 Å². The van der Waals surface area contributed by atoms with Crippen molar-refractivity contribution >= 4 is 11.9 Å². The maximum atomic E-state index is 11.3. The predicted molar refractivity (Wildman–Crippen MR) is 48.5 cm³/mol. The molecule has 0 aromatic heterocycles. The Hall–Kier alpha value is -1.10. The minimum Gasteiger partial charge on any atom is -0.481 e. The zero-order valence-corrected chi connectivity index (χ0v) is 8.06. The summed E-state index contributed by atoms with van der Waals surface area (Å²) in [4.78, 5) is 21.7. The number of aliphatic hydroxyl groups excluding tert-OH is 1. The number of hydrogen-bond donors (Lipinski definition) is 3. The van der Waals surface area contributed by atoms with Crippen molar-refractivity contribution in [2.75, 3.05) is 13.2 Å². The molecule has 3 atom stereocenters. The number of aliphatic carboxylic acids is 1. The quantitative estimate of drug-likeness (QED) is 0.557. The Morgan fingerprint density at radius 2 is 2.14 bits per heavy atom. The Kier molecular flexibility index (Phi) is 3.46. The van der Waals surface area contributed by atoms with Gasteiger partial charge in [0.2, 0.25) is 5.91 Å². The highest BCUT2D eigenvalue weighted by atomic mass is 16.4. The molecular weight excluding hydrogens is 186 g/mol. The Bertz CT molecular complexity index is 241. The van der Waals surface area contributed by atoms with Gasteiger partial charge in [0.1, 0.15) is 0 Å². The third-order valence-electron chi connectivity index (χ3n) is 2.38. The summed E-state index contributed by atoms with van der Waals surface area (Å²) < 4.78 is 0. The summed E-state index contributed by atoms with van der Waals surface area (Å²) in [6.07, 6.45) is 0.439. The van der Waals surface area contributed by atoms with Crippen LogP contribution in [0.4, 0.5) is 0 Å². The van der Waals surface area contributed by atoms with Gasteiger partial charge in [0.25, 0.3) is 0 Å². The molecule has 0 heterocycles. The Labute approximate surface area is 82.1 Å². The fraction of sp³-hybridized carbons (Fsp3) is 0.778. The maximum Gasteiger partial charge on any atom is 0.307 e. The van der Waals surface area contributed by atoms with Crippen LogP contribution in [0.15, 0.2) is 0 Å². The largest absolute Gasteiger partial charge is 0.481 e. The molecule has 0 radical (unpaired) electrons. The van der Waals surface area contributed by atoms with Gasteiger partial charge in [0, 0.05) is 13.2 Å². The molecule has 1 saturated carbocycles. The zero-order valence-electron chi connectivity index (χ0n) is 8.06. The van der Waals surface area contributed by atoms with Crippen molar-refractivity contribution in [2.45, 2.75) is 13.3 Å². The normalized spacial score (nSPS) is 26.7. The summed E-state index contributed by atoms with van der Waals surface area (Å²) in [5.74, 6) is -1.96. The maximum absolute atomic E-state index is 11.3. The first kappa shape index (κ1) is 11.0. The van der Waals surface area contributed by atoms with Gasteiger partial charge >= 0.3 is 5.97 Å². The molecule has 1 fully saturated rings. The van der Waals surface area contributed by atoms with Gasteiger partial charge in [-0.3, -0.25) is 9.59 Å². The number of carbonyl (C=O) groups excluding carboxylic acids is 1. The molecule has 80 valence electrons. The first-order valence-corrected chi connectivity index (χ1v) is 4.67. The van der Waals surface area contributed by atoms with Crippen LogP contribution in [0, 0.1) is 17.8 Å². The van der Waals surface area contributed by atoms with Gasteiger partial charge in [-0.15, -0.1) is 0 Å². The lowest BCUT2D eigenvalue weighted by atomic mass is 10.2. The van der Waals surface area contributed by atoms with E-state index in [9.17, 15) is 9.59 Å². The second kappa shape index (κ2) is 4.41. The van der Waals surface area contributed by atoms with Crippen LogP contribution in [0.5, 0.6) is 0 Å². The van der Waals surface area contributed by atoms with E-state index < -0.39 is 11.9 Å². The summed E-state index contributed by atoms with van der Waals surface area (Å²) >= 11 is 0. The first-order valence-electron chi connectivity index (χ1n) is 4.67. The van der Waals surface area contributed by atoms with E-state index in [-0.39, 0.29) is 24.3 Å². The molecular formula is C9H15NO4. The molecule has 3 unspecified atom stereocenters. The minimum absolute atomic E-state index is 0.0148. The van der Waals surface area contributed by atoms with Gasteiger partial charge in [0.15, 0.2) is 0 Å². The van der Waals surface area contributed by atoms with E-state index in [4.69, 9.17) is 10.2 Å². The van der Waals surface area contributed by atoms with E-state index >= 15 is 0 Å². The minimum atomic E-state index is -0.902. The highest BCUT2D eigenvalue weighted by molar-refractivity contribution is 5.89. The number of carboxylic acids is 1. The third kappa shape index (κ3) is 2.70. The number of nitrogens with one attached hydrogen (secondary N) is 1. The van der Waals surface area contributed by atoms with Crippen LogP contribution in [0.3, 0.4) is 0 Å². The van der Waals surface area contributed by atoms with Gasteiger partial charge in [-0.2, -0.15) is 0 Å². The van der Waals surface area contributed by atoms with Crippen LogP contribution in [0.1, 0.15) is 13.3 Å². The summed E-state index contributed by atoms with van der Waals surface area (Å²) in [5.41, 5.74) is 0. The van der Waals surface area contributed by atoms with Crippen molar-refractivity contribution in [2.24, 2.45) is 17.8 Å². The lowest BCUT2D eigenvalue weighted by Gasteiger charge is -2.08. The smallest absolute Gasteiger partial charge is 0.307 e. The second-order valence-corrected chi connectivity index (χ2v) is 3.82. The summed E-state index contributed by atoms with van der Waals surface area (Å²) in [6.45, 7) is 2.23. The van der Waals surface area contributed by atoms with Crippen LogP contribution >= 0.6 is 0 Å². The number of carbonyl (C=O) groups is 2. The van der Waals surface area contributed by atoms with Crippen molar-refractivity contribution in [3.8, 4) is 0 Å².